The van der Waals surface area contributed by atoms with Crippen LogP contribution in [0.4, 0.5) is 0 Å². The van der Waals surface area contributed by atoms with E-state index in [1.807, 2.05) is 12.2 Å². The molecule has 0 radical (unpaired) electrons. The first-order valence-corrected chi connectivity index (χ1v) is 10.7. The molecule has 1 aliphatic heterocycles. The number of hydrogen-bond donors (Lipinski definition) is 0. The number of rotatable bonds is 9. The fraction of sp³-hybridized carbons (Fsp3) is 0.250. The predicted molar refractivity (Wildman–Crippen MR) is 128 cm³/mol. The topological polar surface area (TPSA) is 20.3 Å². The van der Waals surface area contributed by atoms with E-state index >= 15 is 0 Å². The Morgan fingerprint density at radius 1 is 0.933 bits per heavy atom. The minimum absolute atomic E-state index is 0.193. The third-order valence-corrected chi connectivity index (χ3v) is 5.52. The van der Waals surface area contributed by atoms with E-state index in [2.05, 4.69) is 84.8 Å². The van der Waals surface area contributed by atoms with E-state index < -0.39 is 0 Å². The van der Waals surface area contributed by atoms with Crippen molar-refractivity contribution in [2.45, 2.75) is 25.7 Å². The highest BCUT2D eigenvalue weighted by molar-refractivity contribution is 5.62. The maximum atomic E-state index is 11.2. The van der Waals surface area contributed by atoms with Gasteiger partial charge in [-0.05, 0) is 60.1 Å². The number of nitrogens with zero attached hydrogens (tertiary/aromatic N) is 1. The molecular weight excluding hydrogens is 366 g/mol. The van der Waals surface area contributed by atoms with Gasteiger partial charge in [-0.25, -0.2) is 0 Å². The minimum Gasteiger partial charge on any atom is -0.371 e. The molecule has 0 N–H and O–H groups in total. The van der Waals surface area contributed by atoms with E-state index in [4.69, 9.17) is 0 Å². The molecule has 30 heavy (non-hydrogen) atoms. The highest BCUT2D eigenvalue weighted by Gasteiger charge is 2.19. The summed E-state index contributed by atoms with van der Waals surface area (Å²) in [4.78, 5) is 13.6. The van der Waals surface area contributed by atoms with Gasteiger partial charge in [0.15, 0.2) is 0 Å². The molecule has 2 aromatic carbocycles. The molecule has 0 atom stereocenters. The first-order valence-electron chi connectivity index (χ1n) is 10.7. The lowest BCUT2D eigenvalue weighted by atomic mass is 9.97. The molecule has 2 heteroatoms. The predicted octanol–water partition coefficient (Wildman–Crippen LogP) is 6.11. The van der Waals surface area contributed by atoms with Gasteiger partial charge in [-0.2, -0.15) is 0 Å². The van der Waals surface area contributed by atoms with Crippen LogP contribution in [0.25, 0.3) is 12.2 Å². The van der Waals surface area contributed by atoms with Crippen molar-refractivity contribution >= 4 is 18.4 Å². The number of piperidine rings is 1. The van der Waals surface area contributed by atoms with Crippen LogP contribution in [-0.2, 0) is 17.6 Å². The van der Waals surface area contributed by atoms with Crippen LogP contribution in [0, 0.1) is 5.92 Å². The van der Waals surface area contributed by atoms with Crippen LogP contribution in [0.3, 0.4) is 0 Å². The number of carbonyl (C=O) groups excluding carboxylic acids is 1. The van der Waals surface area contributed by atoms with E-state index in [1.54, 1.807) is 0 Å². The minimum atomic E-state index is 0.193. The van der Waals surface area contributed by atoms with Crippen molar-refractivity contribution in [2.24, 2.45) is 5.92 Å². The Morgan fingerprint density at radius 2 is 1.53 bits per heavy atom. The molecular formula is C28H31NO. The van der Waals surface area contributed by atoms with Gasteiger partial charge in [0.1, 0.15) is 6.29 Å². The lowest BCUT2D eigenvalue weighted by Gasteiger charge is -2.32. The summed E-state index contributed by atoms with van der Waals surface area (Å²) in [6, 6.07) is 17.2. The van der Waals surface area contributed by atoms with Crippen molar-refractivity contribution in [3.05, 3.63) is 108 Å². The van der Waals surface area contributed by atoms with Gasteiger partial charge in [0.05, 0.1) is 0 Å². The fourth-order valence-corrected chi connectivity index (χ4v) is 3.86. The summed E-state index contributed by atoms with van der Waals surface area (Å²) < 4.78 is 0. The second-order valence-electron chi connectivity index (χ2n) is 7.84. The average Bonchev–Trinajstić information content (AvgIpc) is 2.78. The van der Waals surface area contributed by atoms with Crippen LogP contribution in [0.15, 0.2) is 85.6 Å². The molecule has 2 nitrogen and oxygen atoms in total. The molecule has 0 aliphatic carbocycles. The normalized spacial score (nSPS) is 15.3. The Hall–Kier alpha value is -3.13. The second-order valence-corrected chi connectivity index (χ2v) is 7.84. The summed E-state index contributed by atoms with van der Waals surface area (Å²) in [6.07, 6.45) is 15.2. The van der Waals surface area contributed by atoms with Gasteiger partial charge in [0, 0.05) is 24.7 Å². The molecule has 0 saturated carbocycles. The zero-order valence-corrected chi connectivity index (χ0v) is 17.7. The largest absolute Gasteiger partial charge is 0.371 e. The van der Waals surface area contributed by atoms with E-state index in [0.29, 0.717) is 0 Å². The zero-order valence-electron chi connectivity index (χ0n) is 17.7. The third-order valence-electron chi connectivity index (χ3n) is 5.52. The van der Waals surface area contributed by atoms with E-state index in [9.17, 15) is 4.79 Å². The zero-order chi connectivity index (χ0) is 21.2. The van der Waals surface area contributed by atoms with Crippen molar-refractivity contribution in [1.29, 1.82) is 0 Å². The Morgan fingerprint density at radius 3 is 2.13 bits per heavy atom. The molecule has 0 aromatic heterocycles. The van der Waals surface area contributed by atoms with E-state index in [1.165, 1.54) is 28.0 Å². The fourth-order valence-electron chi connectivity index (χ4n) is 3.86. The monoisotopic (exact) mass is 397 g/mol. The molecule has 2 aromatic rings. The molecule has 1 saturated heterocycles. The van der Waals surface area contributed by atoms with E-state index in [-0.39, 0.29) is 5.92 Å². The van der Waals surface area contributed by atoms with Gasteiger partial charge >= 0.3 is 0 Å². The Bertz CT molecular complexity index is 929. The highest BCUT2D eigenvalue weighted by atomic mass is 16.1. The van der Waals surface area contributed by atoms with Crippen LogP contribution in [0.2, 0.25) is 0 Å². The smallest absolute Gasteiger partial charge is 0.123 e. The summed E-state index contributed by atoms with van der Waals surface area (Å²) in [5, 5.41) is 0. The molecule has 0 spiro atoms. The summed E-state index contributed by atoms with van der Waals surface area (Å²) in [6.45, 7) is 9.50. The number of allylic oxidation sites excluding steroid dienone is 3. The van der Waals surface area contributed by atoms with Crippen molar-refractivity contribution < 1.29 is 4.79 Å². The van der Waals surface area contributed by atoms with Crippen LogP contribution in [0.5, 0.6) is 0 Å². The van der Waals surface area contributed by atoms with Gasteiger partial charge in [0.25, 0.3) is 0 Å². The number of carbonyl (C=O) groups is 1. The van der Waals surface area contributed by atoms with Gasteiger partial charge < -0.3 is 9.69 Å². The molecule has 0 bridgehead atoms. The van der Waals surface area contributed by atoms with Crippen molar-refractivity contribution in [3.8, 4) is 0 Å². The van der Waals surface area contributed by atoms with Gasteiger partial charge in [0.2, 0.25) is 0 Å². The molecule has 1 heterocycles. The Labute approximate surface area is 180 Å². The molecule has 1 fully saturated rings. The quantitative estimate of drug-likeness (QED) is 0.289. The first kappa shape index (κ1) is 21.6. The van der Waals surface area contributed by atoms with Crippen LogP contribution >= 0.6 is 0 Å². The average molecular weight is 398 g/mol. The lowest BCUT2D eigenvalue weighted by molar-refractivity contribution is -0.112. The molecule has 0 unspecified atom stereocenters. The summed E-state index contributed by atoms with van der Waals surface area (Å²) in [7, 11) is 0. The van der Waals surface area contributed by atoms with E-state index in [0.717, 1.165) is 45.1 Å². The van der Waals surface area contributed by atoms with Crippen LogP contribution < -0.4 is 0 Å². The third kappa shape index (κ3) is 6.18. The SMILES string of the molecule is C=CCc1cccc(C=CC(=Cc2cccc(CC=C)c2)N2CCC(C=O)CC2)c1. The Balaban J connectivity index is 1.88. The summed E-state index contributed by atoms with van der Waals surface area (Å²) >= 11 is 0. The standard InChI is InChI=1S/C28H31NO/c1-3-7-23-9-5-11-25(19-23)13-14-28(29-17-15-26(22-30)16-18-29)21-27-12-6-10-24(20-27)8-4-2/h3-6,9-14,19-22,26H,1-2,7-8,15-18H2. The van der Waals surface area contributed by atoms with Gasteiger partial charge in [-0.1, -0.05) is 66.8 Å². The van der Waals surface area contributed by atoms with Crippen molar-refractivity contribution in [1.82, 2.24) is 4.90 Å². The van der Waals surface area contributed by atoms with Crippen molar-refractivity contribution in [3.63, 3.8) is 0 Å². The summed E-state index contributed by atoms with van der Waals surface area (Å²) in [5.74, 6) is 0.193. The molecule has 0 amide bonds. The Kier molecular flexibility index (Phi) is 8.02. The van der Waals surface area contributed by atoms with Crippen LogP contribution in [-0.4, -0.2) is 24.3 Å². The number of likely N-dealkylation sites (tertiary alicyclic amines) is 1. The maximum absolute atomic E-state index is 11.2. The van der Waals surface area contributed by atoms with Gasteiger partial charge in [-0.3, -0.25) is 0 Å². The first-order chi connectivity index (χ1) is 14.7. The lowest BCUT2D eigenvalue weighted by Crippen LogP contribution is -2.33. The molecule has 3 rings (SSSR count). The van der Waals surface area contributed by atoms with Crippen LogP contribution in [0.1, 0.15) is 35.1 Å². The highest BCUT2D eigenvalue weighted by Crippen LogP contribution is 2.23. The maximum Gasteiger partial charge on any atom is 0.123 e. The second kappa shape index (κ2) is 11.2. The van der Waals surface area contributed by atoms with Crippen molar-refractivity contribution in [2.75, 3.05) is 13.1 Å². The molecule has 1 aliphatic rings. The summed E-state index contributed by atoms with van der Waals surface area (Å²) in [5.41, 5.74) is 6.08. The molecule has 154 valence electrons. The van der Waals surface area contributed by atoms with Gasteiger partial charge in [-0.15, -0.1) is 13.2 Å². The number of aldehydes is 1. The number of benzene rings is 2. The number of hydrogen-bond acceptors (Lipinski definition) is 2.